The zero-order valence-corrected chi connectivity index (χ0v) is 14.1. The number of rotatable bonds is 5. The number of benzene rings is 1. The highest BCUT2D eigenvalue weighted by atomic mass is 79.9. The van der Waals surface area contributed by atoms with Crippen LogP contribution in [-0.2, 0) is 4.74 Å². The Morgan fingerprint density at radius 2 is 2.14 bits per heavy atom. The SMILES string of the molecule is CCC(C)(C(NN)c1cc(Br)ccc1F)N1CCOCC1. The minimum atomic E-state index is -0.293. The Bertz CT molecular complexity index is 482. The van der Waals surface area contributed by atoms with Gasteiger partial charge in [0.15, 0.2) is 0 Å². The van der Waals surface area contributed by atoms with Crippen LogP contribution in [0.5, 0.6) is 0 Å². The highest BCUT2D eigenvalue weighted by Gasteiger charge is 2.40. The van der Waals surface area contributed by atoms with Gasteiger partial charge in [-0.15, -0.1) is 0 Å². The van der Waals surface area contributed by atoms with Crippen molar-refractivity contribution in [1.82, 2.24) is 10.3 Å². The minimum Gasteiger partial charge on any atom is -0.379 e. The number of hydrogen-bond acceptors (Lipinski definition) is 4. The Hall–Kier alpha value is -0.530. The average molecular weight is 360 g/mol. The maximum absolute atomic E-state index is 14.3. The first-order valence-electron chi connectivity index (χ1n) is 7.26. The summed E-state index contributed by atoms with van der Waals surface area (Å²) in [6.07, 6.45) is 0.855. The van der Waals surface area contributed by atoms with Crippen molar-refractivity contribution < 1.29 is 9.13 Å². The topological polar surface area (TPSA) is 50.5 Å². The molecule has 4 nitrogen and oxygen atoms in total. The molecule has 2 rings (SSSR count). The lowest BCUT2D eigenvalue weighted by molar-refractivity contribution is -0.0333. The minimum absolute atomic E-state index is 0.242. The summed E-state index contributed by atoms with van der Waals surface area (Å²) in [5.41, 5.74) is 3.14. The first kappa shape index (κ1) is 16.8. The van der Waals surface area contributed by atoms with Crippen LogP contribution in [0.15, 0.2) is 22.7 Å². The summed E-state index contributed by atoms with van der Waals surface area (Å²) in [5, 5.41) is 0. The average Bonchev–Trinajstić information content (AvgIpc) is 2.52. The van der Waals surface area contributed by atoms with E-state index in [2.05, 4.69) is 40.1 Å². The molecule has 2 atom stereocenters. The van der Waals surface area contributed by atoms with Gasteiger partial charge in [-0.25, -0.2) is 4.39 Å². The molecule has 1 fully saturated rings. The third kappa shape index (κ3) is 3.46. The molecule has 3 N–H and O–H groups in total. The Labute approximate surface area is 133 Å². The van der Waals surface area contributed by atoms with Gasteiger partial charge < -0.3 is 4.74 Å². The molecule has 0 aliphatic carbocycles. The van der Waals surface area contributed by atoms with Crippen molar-refractivity contribution in [3.63, 3.8) is 0 Å². The van der Waals surface area contributed by atoms with Gasteiger partial charge in [-0.2, -0.15) is 0 Å². The van der Waals surface area contributed by atoms with Crippen LogP contribution in [0.1, 0.15) is 31.9 Å². The third-order valence-electron chi connectivity index (χ3n) is 4.51. The van der Waals surface area contributed by atoms with Gasteiger partial charge in [0.25, 0.3) is 0 Å². The van der Waals surface area contributed by atoms with Crippen LogP contribution in [-0.4, -0.2) is 36.7 Å². The van der Waals surface area contributed by atoms with Crippen molar-refractivity contribution in [2.24, 2.45) is 5.84 Å². The number of nitrogens with two attached hydrogens (primary N) is 1. The zero-order chi connectivity index (χ0) is 15.5. The van der Waals surface area contributed by atoms with E-state index < -0.39 is 0 Å². The van der Waals surface area contributed by atoms with Crippen LogP contribution in [0, 0.1) is 5.82 Å². The first-order valence-corrected chi connectivity index (χ1v) is 8.06. The summed E-state index contributed by atoms with van der Waals surface area (Å²) < 4.78 is 20.6. The smallest absolute Gasteiger partial charge is 0.128 e. The Morgan fingerprint density at radius 1 is 1.48 bits per heavy atom. The number of hydrogen-bond donors (Lipinski definition) is 2. The molecule has 1 heterocycles. The number of morpholine rings is 1. The quantitative estimate of drug-likeness (QED) is 0.626. The van der Waals surface area contributed by atoms with Gasteiger partial charge >= 0.3 is 0 Å². The molecule has 21 heavy (non-hydrogen) atoms. The van der Waals surface area contributed by atoms with Gasteiger partial charge in [0, 0.05) is 28.7 Å². The molecule has 0 saturated carbocycles. The van der Waals surface area contributed by atoms with Crippen molar-refractivity contribution in [2.45, 2.75) is 31.8 Å². The number of halogens is 2. The Kier molecular flexibility index (Phi) is 5.73. The van der Waals surface area contributed by atoms with E-state index in [-0.39, 0.29) is 17.4 Å². The fraction of sp³-hybridized carbons (Fsp3) is 0.600. The second-order valence-electron chi connectivity index (χ2n) is 5.58. The van der Waals surface area contributed by atoms with E-state index in [0.29, 0.717) is 18.8 Å². The summed E-state index contributed by atoms with van der Waals surface area (Å²) in [6, 6.07) is 4.68. The van der Waals surface area contributed by atoms with E-state index >= 15 is 0 Å². The monoisotopic (exact) mass is 359 g/mol. The summed E-state index contributed by atoms with van der Waals surface area (Å²) in [7, 11) is 0. The van der Waals surface area contributed by atoms with Crippen molar-refractivity contribution in [1.29, 1.82) is 0 Å². The predicted molar refractivity (Wildman–Crippen MR) is 85.3 cm³/mol. The Morgan fingerprint density at radius 3 is 2.71 bits per heavy atom. The molecule has 6 heteroatoms. The highest BCUT2D eigenvalue weighted by molar-refractivity contribution is 9.10. The second-order valence-corrected chi connectivity index (χ2v) is 6.49. The van der Waals surface area contributed by atoms with E-state index in [1.54, 1.807) is 12.1 Å². The number of nitrogens with one attached hydrogen (secondary N) is 1. The maximum atomic E-state index is 14.3. The summed E-state index contributed by atoms with van der Waals surface area (Å²) in [4.78, 5) is 2.33. The molecule has 2 unspecified atom stereocenters. The molecule has 1 aliphatic rings. The van der Waals surface area contributed by atoms with Gasteiger partial charge in [-0.05, 0) is 31.5 Å². The van der Waals surface area contributed by atoms with E-state index in [9.17, 15) is 4.39 Å². The van der Waals surface area contributed by atoms with Crippen molar-refractivity contribution in [3.05, 3.63) is 34.1 Å². The highest BCUT2D eigenvalue weighted by Crippen LogP contribution is 2.36. The van der Waals surface area contributed by atoms with Crippen molar-refractivity contribution in [3.8, 4) is 0 Å². The van der Waals surface area contributed by atoms with Gasteiger partial charge in [0.05, 0.1) is 19.3 Å². The molecule has 1 aliphatic heterocycles. The molecule has 0 spiro atoms. The predicted octanol–water partition coefficient (Wildman–Crippen LogP) is 2.59. The first-order chi connectivity index (χ1) is 10.0. The zero-order valence-electron chi connectivity index (χ0n) is 12.5. The molecule has 0 radical (unpaired) electrons. The second kappa shape index (κ2) is 7.15. The maximum Gasteiger partial charge on any atom is 0.128 e. The van der Waals surface area contributed by atoms with Crippen molar-refractivity contribution >= 4 is 15.9 Å². The van der Waals surface area contributed by atoms with Gasteiger partial charge in [0.2, 0.25) is 0 Å². The van der Waals surface area contributed by atoms with Crippen LogP contribution in [0.3, 0.4) is 0 Å². The van der Waals surface area contributed by atoms with Crippen LogP contribution in [0.2, 0.25) is 0 Å². The van der Waals surface area contributed by atoms with Crippen LogP contribution < -0.4 is 11.3 Å². The van der Waals surface area contributed by atoms with Crippen molar-refractivity contribution in [2.75, 3.05) is 26.3 Å². The van der Waals surface area contributed by atoms with Gasteiger partial charge in [-0.3, -0.25) is 16.2 Å². The molecular weight excluding hydrogens is 337 g/mol. The lowest BCUT2D eigenvalue weighted by atomic mass is 9.82. The normalized spacial score (nSPS) is 21.0. The van der Waals surface area contributed by atoms with E-state index in [4.69, 9.17) is 10.6 Å². The lowest BCUT2D eigenvalue weighted by Gasteiger charge is -2.47. The Balaban J connectivity index is 2.38. The molecule has 118 valence electrons. The number of ether oxygens (including phenoxy) is 1. The fourth-order valence-electron chi connectivity index (χ4n) is 3.02. The molecule has 0 bridgehead atoms. The molecule has 1 saturated heterocycles. The fourth-order valence-corrected chi connectivity index (χ4v) is 3.40. The lowest BCUT2D eigenvalue weighted by Crippen LogP contribution is -2.58. The van der Waals surface area contributed by atoms with E-state index in [1.165, 1.54) is 6.07 Å². The summed E-state index contributed by atoms with van der Waals surface area (Å²) >= 11 is 3.41. The largest absolute Gasteiger partial charge is 0.379 e. The van der Waals surface area contributed by atoms with E-state index in [0.717, 1.165) is 24.0 Å². The molecule has 1 aromatic rings. The summed E-state index contributed by atoms with van der Waals surface area (Å²) in [5.74, 6) is 5.56. The number of nitrogens with zero attached hydrogens (tertiary/aromatic N) is 1. The van der Waals surface area contributed by atoms with E-state index in [1.807, 2.05) is 0 Å². The summed E-state index contributed by atoms with van der Waals surface area (Å²) in [6.45, 7) is 7.30. The van der Waals surface area contributed by atoms with Crippen LogP contribution >= 0.6 is 15.9 Å². The number of hydrazine groups is 1. The molecule has 0 amide bonds. The standard InChI is InChI=1S/C15H23BrFN3O/c1-3-15(2,20-6-8-21-9-7-20)14(19-18)12-10-11(16)4-5-13(12)17/h4-5,10,14,19H,3,6-9,18H2,1-2H3. The third-order valence-corrected chi connectivity index (χ3v) is 5.00. The molecule has 0 aromatic heterocycles. The van der Waals surface area contributed by atoms with Gasteiger partial charge in [0.1, 0.15) is 5.82 Å². The van der Waals surface area contributed by atoms with Gasteiger partial charge in [-0.1, -0.05) is 22.9 Å². The molecular formula is C15H23BrFN3O. The van der Waals surface area contributed by atoms with Crippen LogP contribution in [0.4, 0.5) is 4.39 Å². The van der Waals surface area contributed by atoms with Crippen LogP contribution in [0.25, 0.3) is 0 Å². The molecule has 1 aromatic carbocycles.